The molecule has 1 unspecified atom stereocenters. The zero-order valence-electron chi connectivity index (χ0n) is 18.7. The molecule has 2 N–H and O–H groups in total. The number of amides is 3. The van der Waals surface area contributed by atoms with Crippen LogP contribution in [-0.2, 0) is 19.6 Å². The van der Waals surface area contributed by atoms with Gasteiger partial charge in [-0.15, -0.1) is 0 Å². The van der Waals surface area contributed by atoms with Crippen LogP contribution in [0.5, 0.6) is 0 Å². The van der Waals surface area contributed by atoms with Crippen LogP contribution >= 0.6 is 0 Å². The highest BCUT2D eigenvalue weighted by Gasteiger charge is 2.46. The van der Waals surface area contributed by atoms with Gasteiger partial charge in [0.2, 0.25) is 15.9 Å². The molecular formula is C23H24N4O7S. The van der Waals surface area contributed by atoms with Crippen LogP contribution in [0.3, 0.4) is 0 Å². The Kier molecular flexibility index (Phi) is 6.68. The molecule has 2 aromatic rings. The summed E-state index contributed by atoms with van der Waals surface area (Å²) < 4.78 is 23.1. The molecule has 1 heterocycles. The highest BCUT2D eigenvalue weighted by molar-refractivity contribution is 7.89. The maximum absolute atomic E-state index is 13.6. The number of rotatable bonds is 6. The number of carbonyl (C=O) groups is 3. The topological polar surface area (TPSA) is 161 Å². The molecule has 1 saturated heterocycles. The molecule has 1 atom stereocenters. The van der Waals surface area contributed by atoms with Crippen molar-refractivity contribution in [1.82, 2.24) is 4.90 Å². The van der Waals surface area contributed by atoms with Crippen molar-refractivity contribution >= 4 is 39.1 Å². The lowest BCUT2D eigenvalue weighted by molar-refractivity contribution is -0.384. The molecule has 0 bridgehead atoms. The van der Waals surface area contributed by atoms with E-state index in [0.29, 0.717) is 12.8 Å². The largest absolute Gasteiger partial charge is 0.323 e. The average molecular weight is 501 g/mol. The minimum absolute atomic E-state index is 0.158. The number of carbonyl (C=O) groups excluding carboxylic acids is 3. The number of anilines is 1. The minimum atomic E-state index is -3.94. The summed E-state index contributed by atoms with van der Waals surface area (Å²) in [4.78, 5) is 52.6. The molecule has 0 aromatic heterocycles. The van der Waals surface area contributed by atoms with E-state index in [1.807, 2.05) is 0 Å². The number of hydrogen-bond donors (Lipinski definition) is 1. The molecule has 1 aliphatic heterocycles. The molecule has 11 nitrogen and oxygen atoms in total. The number of non-ortho nitro benzene ring substituents is 1. The van der Waals surface area contributed by atoms with E-state index in [-0.39, 0.29) is 34.3 Å². The molecule has 1 aliphatic carbocycles. The van der Waals surface area contributed by atoms with Gasteiger partial charge in [0.15, 0.2) is 0 Å². The third kappa shape index (κ3) is 4.93. The Labute approximate surface area is 201 Å². The molecule has 184 valence electrons. The van der Waals surface area contributed by atoms with E-state index in [9.17, 15) is 32.9 Å². The summed E-state index contributed by atoms with van der Waals surface area (Å²) >= 11 is 0. The number of nitrogens with zero attached hydrogens (tertiary/aromatic N) is 3. The molecule has 2 aliphatic rings. The molecule has 2 aromatic carbocycles. The quantitative estimate of drug-likeness (QED) is 0.362. The van der Waals surface area contributed by atoms with E-state index < -0.39 is 38.7 Å². The fraction of sp³-hybridized carbons (Fsp3) is 0.348. The van der Waals surface area contributed by atoms with Gasteiger partial charge < -0.3 is 4.90 Å². The van der Waals surface area contributed by atoms with Crippen LogP contribution in [0, 0.1) is 10.1 Å². The fourth-order valence-corrected chi connectivity index (χ4v) is 5.20. The van der Waals surface area contributed by atoms with Crippen LogP contribution in [0.2, 0.25) is 0 Å². The first-order valence-electron chi connectivity index (χ1n) is 11.1. The van der Waals surface area contributed by atoms with Crippen LogP contribution in [0.25, 0.3) is 0 Å². The molecule has 0 radical (unpaired) electrons. The van der Waals surface area contributed by atoms with Gasteiger partial charge in [-0.1, -0.05) is 19.3 Å². The standard InChI is InChI=1S/C23H24N4O7S/c24-35(33,34)19-12-10-17(11-13-19)26-21(28)14-20(23(26)30)25(16-4-2-1-3-5-16)22(29)15-6-8-18(9-7-15)27(31)32/h6-13,16,20H,1-5,14H2,(H2,24,33,34). The molecule has 35 heavy (non-hydrogen) atoms. The molecule has 4 rings (SSSR count). The Hall–Kier alpha value is -3.64. The van der Waals surface area contributed by atoms with E-state index in [2.05, 4.69) is 0 Å². The lowest BCUT2D eigenvalue weighted by Crippen LogP contribution is -2.51. The lowest BCUT2D eigenvalue weighted by atomic mass is 9.92. The number of imide groups is 1. The van der Waals surface area contributed by atoms with Crippen LogP contribution < -0.4 is 10.0 Å². The first-order chi connectivity index (χ1) is 16.6. The van der Waals surface area contributed by atoms with Gasteiger partial charge in [0.1, 0.15) is 6.04 Å². The van der Waals surface area contributed by atoms with Crippen LogP contribution in [-0.4, -0.2) is 48.0 Å². The summed E-state index contributed by atoms with van der Waals surface area (Å²) in [7, 11) is -3.94. The van der Waals surface area contributed by atoms with Crippen molar-refractivity contribution in [1.29, 1.82) is 0 Å². The molecule has 2 fully saturated rings. The van der Waals surface area contributed by atoms with Crippen molar-refractivity contribution < 1.29 is 27.7 Å². The molecule has 1 saturated carbocycles. The maximum Gasteiger partial charge on any atom is 0.269 e. The van der Waals surface area contributed by atoms with E-state index in [4.69, 9.17) is 5.14 Å². The number of nitrogens with two attached hydrogens (primary N) is 1. The first-order valence-corrected chi connectivity index (χ1v) is 12.7. The second-order valence-electron chi connectivity index (χ2n) is 8.63. The molecule has 3 amide bonds. The number of nitro groups is 1. The highest BCUT2D eigenvalue weighted by Crippen LogP contribution is 2.32. The summed E-state index contributed by atoms with van der Waals surface area (Å²) in [6.07, 6.45) is 3.91. The average Bonchev–Trinajstić information content (AvgIpc) is 3.12. The predicted octanol–water partition coefficient (Wildman–Crippen LogP) is 2.35. The first kappa shape index (κ1) is 24.5. The number of primary sulfonamides is 1. The Morgan fingerprint density at radius 3 is 2.14 bits per heavy atom. The van der Waals surface area contributed by atoms with E-state index >= 15 is 0 Å². The molecule has 0 spiro atoms. The van der Waals surface area contributed by atoms with Gasteiger partial charge in [-0.25, -0.2) is 18.5 Å². The van der Waals surface area contributed by atoms with Gasteiger partial charge in [-0.3, -0.25) is 24.5 Å². The van der Waals surface area contributed by atoms with E-state index in [1.54, 1.807) is 0 Å². The number of benzene rings is 2. The Balaban J connectivity index is 1.66. The van der Waals surface area contributed by atoms with Crippen molar-refractivity contribution in [3.05, 3.63) is 64.2 Å². The van der Waals surface area contributed by atoms with Crippen molar-refractivity contribution in [2.45, 2.75) is 55.5 Å². The summed E-state index contributed by atoms with van der Waals surface area (Å²) in [5.41, 5.74) is 0.214. The second-order valence-corrected chi connectivity index (χ2v) is 10.2. The van der Waals surface area contributed by atoms with Crippen molar-refractivity contribution in [3.8, 4) is 0 Å². The van der Waals surface area contributed by atoms with Gasteiger partial charge in [0.25, 0.3) is 17.5 Å². The van der Waals surface area contributed by atoms with Crippen LogP contribution in [0.15, 0.2) is 53.4 Å². The Morgan fingerprint density at radius 1 is 1.00 bits per heavy atom. The third-order valence-corrected chi connectivity index (χ3v) is 7.34. The Bertz CT molecular complexity index is 1270. The number of nitro benzene ring substituents is 1. The zero-order valence-corrected chi connectivity index (χ0v) is 19.5. The fourth-order valence-electron chi connectivity index (χ4n) is 4.69. The smallest absolute Gasteiger partial charge is 0.269 e. The van der Waals surface area contributed by atoms with E-state index in [0.717, 1.165) is 24.2 Å². The van der Waals surface area contributed by atoms with Crippen molar-refractivity contribution in [3.63, 3.8) is 0 Å². The summed E-state index contributed by atoms with van der Waals surface area (Å²) in [5, 5.41) is 16.1. The van der Waals surface area contributed by atoms with Gasteiger partial charge in [0, 0.05) is 23.7 Å². The minimum Gasteiger partial charge on any atom is -0.323 e. The maximum atomic E-state index is 13.6. The predicted molar refractivity (Wildman–Crippen MR) is 125 cm³/mol. The zero-order chi connectivity index (χ0) is 25.3. The summed E-state index contributed by atoms with van der Waals surface area (Å²) in [6, 6.07) is 8.92. The van der Waals surface area contributed by atoms with Gasteiger partial charge in [-0.05, 0) is 49.2 Å². The summed E-state index contributed by atoms with van der Waals surface area (Å²) in [5.74, 6) is -1.57. The van der Waals surface area contributed by atoms with Crippen LogP contribution in [0.1, 0.15) is 48.9 Å². The van der Waals surface area contributed by atoms with Crippen molar-refractivity contribution in [2.75, 3.05) is 4.90 Å². The van der Waals surface area contributed by atoms with Crippen molar-refractivity contribution in [2.24, 2.45) is 5.14 Å². The number of hydrogen-bond acceptors (Lipinski definition) is 7. The summed E-state index contributed by atoms with van der Waals surface area (Å²) in [6.45, 7) is 0. The van der Waals surface area contributed by atoms with E-state index in [1.165, 1.54) is 53.4 Å². The van der Waals surface area contributed by atoms with Crippen LogP contribution in [0.4, 0.5) is 11.4 Å². The third-order valence-electron chi connectivity index (χ3n) is 6.41. The molecule has 12 heteroatoms. The van der Waals surface area contributed by atoms with Gasteiger partial charge in [0.05, 0.1) is 21.9 Å². The normalized spacial score (nSPS) is 19.1. The molecular weight excluding hydrogens is 476 g/mol. The van der Waals surface area contributed by atoms with Gasteiger partial charge in [-0.2, -0.15) is 0 Å². The Morgan fingerprint density at radius 2 is 1.60 bits per heavy atom. The second kappa shape index (κ2) is 9.55. The van der Waals surface area contributed by atoms with Gasteiger partial charge >= 0.3 is 0 Å². The monoisotopic (exact) mass is 500 g/mol. The lowest BCUT2D eigenvalue weighted by Gasteiger charge is -2.37. The highest BCUT2D eigenvalue weighted by atomic mass is 32.2. The number of sulfonamides is 1. The SMILES string of the molecule is NS(=O)(=O)c1ccc(N2C(=O)CC(N(C(=O)c3ccc([N+](=O)[O-])cc3)C3CCCCC3)C2=O)cc1.